The molecule has 1 rings (SSSR count). The van der Waals surface area contributed by atoms with Crippen molar-refractivity contribution in [3.05, 3.63) is 28.8 Å². The minimum absolute atomic E-state index is 0.332. The Bertz CT molecular complexity index is 366. The number of esters is 1. The van der Waals surface area contributed by atoms with Gasteiger partial charge < -0.3 is 10.5 Å². The van der Waals surface area contributed by atoms with Gasteiger partial charge in [-0.3, -0.25) is 0 Å². The van der Waals surface area contributed by atoms with Crippen LogP contribution in [0.15, 0.2) is 18.2 Å². The number of benzene rings is 1. The number of unbranched alkanes of at least 4 members (excludes halogenated alkanes) is 2. The molecule has 0 spiro atoms. The van der Waals surface area contributed by atoms with Crippen LogP contribution in [0.1, 0.15) is 36.5 Å². The molecule has 0 fully saturated rings. The van der Waals surface area contributed by atoms with Crippen LogP contribution in [-0.2, 0) is 4.74 Å². The highest BCUT2D eigenvalue weighted by Crippen LogP contribution is 2.19. The van der Waals surface area contributed by atoms with Crippen molar-refractivity contribution >= 4 is 23.3 Å². The number of anilines is 1. The zero-order chi connectivity index (χ0) is 12.0. The fraction of sp³-hybridized carbons (Fsp3) is 0.417. The summed E-state index contributed by atoms with van der Waals surface area (Å²) in [6, 6.07) is 4.78. The molecule has 0 aliphatic heterocycles. The van der Waals surface area contributed by atoms with Crippen LogP contribution in [-0.4, -0.2) is 12.6 Å². The summed E-state index contributed by atoms with van der Waals surface area (Å²) in [5.74, 6) is -0.409. The van der Waals surface area contributed by atoms with Crippen LogP contribution in [0.4, 0.5) is 5.69 Å². The first-order valence-electron chi connectivity index (χ1n) is 5.37. The van der Waals surface area contributed by atoms with Gasteiger partial charge in [-0.15, -0.1) is 0 Å². The molecule has 0 bridgehead atoms. The minimum Gasteiger partial charge on any atom is -0.462 e. The summed E-state index contributed by atoms with van der Waals surface area (Å²) < 4.78 is 5.09. The fourth-order valence-corrected chi connectivity index (χ4v) is 1.49. The SMILES string of the molecule is CCCCCOC(=O)c1cc(N)ccc1Cl. The van der Waals surface area contributed by atoms with Gasteiger partial charge in [-0.2, -0.15) is 0 Å². The van der Waals surface area contributed by atoms with E-state index >= 15 is 0 Å². The third-order valence-corrected chi connectivity index (χ3v) is 2.52. The van der Waals surface area contributed by atoms with E-state index in [0.717, 1.165) is 19.3 Å². The van der Waals surface area contributed by atoms with E-state index in [0.29, 0.717) is 22.9 Å². The summed E-state index contributed by atoms with van der Waals surface area (Å²) in [5, 5.41) is 0.370. The van der Waals surface area contributed by atoms with Crippen LogP contribution in [0, 0.1) is 0 Å². The smallest absolute Gasteiger partial charge is 0.339 e. The predicted octanol–water partition coefficient (Wildman–Crippen LogP) is 3.27. The van der Waals surface area contributed by atoms with Gasteiger partial charge in [0, 0.05) is 5.69 Å². The highest BCUT2D eigenvalue weighted by atomic mass is 35.5. The zero-order valence-electron chi connectivity index (χ0n) is 9.33. The molecule has 0 heterocycles. The van der Waals surface area contributed by atoms with Crippen molar-refractivity contribution in [2.24, 2.45) is 0 Å². The molecule has 0 saturated heterocycles. The second-order valence-corrected chi connectivity index (χ2v) is 3.99. The molecule has 0 unspecified atom stereocenters. The Morgan fingerprint density at radius 1 is 1.44 bits per heavy atom. The lowest BCUT2D eigenvalue weighted by atomic mass is 10.2. The molecule has 0 atom stereocenters. The van der Waals surface area contributed by atoms with Gasteiger partial charge in [0.15, 0.2) is 0 Å². The molecule has 0 saturated carbocycles. The maximum Gasteiger partial charge on any atom is 0.339 e. The number of nitrogens with two attached hydrogens (primary N) is 1. The molecule has 0 aliphatic rings. The summed E-state index contributed by atoms with van der Waals surface area (Å²) >= 11 is 5.87. The Kier molecular flexibility index (Phi) is 5.12. The number of carbonyl (C=O) groups is 1. The molecule has 0 amide bonds. The molecular formula is C12H16ClNO2. The topological polar surface area (TPSA) is 52.3 Å². The molecule has 0 aromatic heterocycles. The molecule has 16 heavy (non-hydrogen) atoms. The van der Waals surface area contributed by atoms with Crippen LogP contribution in [0.25, 0.3) is 0 Å². The van der Waals surface area contributed by atoms with Gasteiger partial charge in [-0.25, -0.2) is 4.79 Å². The first-order valence-corrected chi connectivity index (χ1v) is 5.75. The lowest BCUT2D eigenvalue weighted by Crippen LogP contribution is -2.07. The van der Waals surface area contributed by atoms with Crippen molar-refractivity contribution in [2.45, 2.75) is 26.2 Å². The summed E-state index contributed by atoms with van der Waals surface area (Å²) in [6.07, 6.45) is 3.02. The molecule has 88 valence electrons. The molecule has 4 heteroatoms. The summed E-state index contributed by atoms with van der Waals surface area (Å²) in [6.45, 7) is 2.52. The van der Waals surface area contributed by atoms with E-state index in [-0.39, 0.29) is 0 Å². The van der Waals surface area contributed by atoms with Gasteiger partial charge in [0.1, 0.15) is 0 Å². The molecule has 0 radical (unpaired) electrons. The molecule has 0 aliphatic carbocycles. The van der Waals surface area contributed by atoms with Crippen molar-refractivity contribution in [1.29, 1.82) is 0 Å². The van der Waals surface area contributed by atoms with E-state index in [1.165, 1.54) is 6.07 Å². The third-order valence-electron chi connectivity index (χ3n) is 2.19. The average Bonchev–Trinajstić information content (AvgIpc) is 2.27. The van der Waals surface area contributed by atoms with E-state index in [1.54, 1.807) is 12.1 Å². The quantitative estimate of drug-likeness (QED) is 0.489. The van der Waals surface area contributed by atoms with Gasteiger partial charge in [0.2, 0.25) is 0 Å². The Hall–Kier alpha value is -1.22. The molecule has 1 aromatic rings. The van der Waals surface area contributed by atoms with Crippen molar-refractivity contribution in [1.82, 2.24) is 0 Å². The van der Waals surface area contributed by atoms with Crippen LogP contribution >= 0.6 is 11.6 Å². The van der Waals surface area contributed by atoms with Gasteiger partial charge >= 0.3 is 5.97 Å². The van der Waals surface area contributed by atoms with E-state index in [2.05, 4.69) is 6.92 Å². The second kappa shape index (κ2) is 6.38. The van der Waals surface area contributed by atoms with E-state index < -0.39 is 5.97 Å². The van der Waals surface area contributed by atoms with Crippen molar-refractivity contribution < 1.29 is 9.53 Å². The standard InChI is InChI=1S/C12H16ClNO2/c1-2-3-4-7-16-12(15)10-8-9(14)5-6-11(10)13/h5-6,8H,2-4,7,14H2,1H3. The van der Waals surface area contributed by atoms with Gasteiger partial charge in [-0.1, -0.05) is 31.4 Å². The average molecular weight is 242 g/mol. The molecule has 1 aromatic carbocycles. The highest BCUT2D eigenvalue weighted by molar-refractivity contribution is 6.33. The number of rotatable bonds is 5. The van der Waals surface area contributed by atoms with Crippen LogP contribution in [0.2, 0.25) is 5.02 Å². The maximum absolute atomic E-state index is 11.6. The fourth-order valence-electron chi connectivity index (χ4n) is 1.29. The number of carbonyl (C=O) groups excluding carboxylic acids is 1. The van der Waals surface area contributed by atoms with Crippen LogP contribution in [0.5, 0.6) is 0 Å². The largest absolute Gasteiger partial charge is 0.462 e. The second-order valence-electron chi connectivity index (χ2n) is 3.58. The van der Waals surface area contributed by atoms with E-state index in [4.69, 9.17) is 22.1 Å². The van der Waals surface area contributed by atoms with Crippen LogP contribution < -0.4 is 5.73 Å². The summed E-state index contributed by atoms with van der Waals surface area (Å²) in [5.41, 5.74) is 6.41. The zero-order valence-corrected chi connectivity index (χ0v) is 10.1. The number of nitrogen functional groups attached to an aromatic ring is 1. The van der Waals surface area contributed by atoms with Crippen molar-refractivity contribution in [3.63, 3.8) is 0 Å². The molecule has 3 nitrogen and oxygen atoms in total. The first kappa shape index (κ1) is 12.8. The Morgan fingerprint density at radius 3 is 2.88 bits per heavy atom. The number of halogens is 1. The Labute approximate surface area is 101 Å². The van der Waals surface area contributed by atoms with E-state index in [1.807, 2.05) is 0 Å². The number of hydrogen-bond acceptors (Lipinski definition) is 3. The predicted molar refractivity (Wildman–Crippen MR) is 65.7 cm³/mol. The molecular weight excluding hydrogens is 226 g/mol. The third kappa shape index (κ3) is 3.74. The number of hydrogen-bond donors (Lipinski definition) is 1. The first-order chi connectivity index (χ1) is 7.65. The van der Waals surface area contributed by atoms with Gasteiger partial charge in [0.05, 0.1) is 17.2 Å². The summed E-state index contributed by atoms with van der Waals surface area (Å²) in [7, 11) is 0. The van der Waals surface area contributed by atoms with Crippen molar-refractivity contribution in [3.8, 4) is 0 Å². The summed E-state index contributed by atoms with van der Waals surface area (Å²) in [4.78, 5) is 11.6. The van der Waals surface area contributed by atoms with E-state index in [9.17, 15) is 4.79 Å². The Morgan fingerprint density at radius 2 is 2.19 bits per heavy atom. The normalized spacial score (nSPS) is 10.1. The highest BCUT2D eigenvalue weighted by Gasteiger charge is 2.11. The maximum atomic E-state index is 11.6. The number of ether oxygens (including phenoxy) is 1. The van der Waals surface area contributed by atoms with Gasteiger partial charge in [-0.05, 0) is 24.6 Å². The molecule has 2 N–H and O–H groups in total. The van der Waals surface area contributed by atoms with Crippen LogP contribution in [0.3, 0.4) is 0 Å². The van der Waals surface area contributed by atoms with Gasteiger partial charge in [0.25, 0.3) is 0 Å². The Balaban J connectivity index is 2.55. The lowest BCUT2D eigenvalue weighted by molar-refractivity contribution is 0.0498. The minimum atomic E-state index is -0.409. The van der Waals surface area contributed by atoms with Crippen molar-refractivity contribution in [2.75, 3.05) is 12.3 Å². The monoisotopic (exact) mass is 241 g/mol. The lowest BCUT2D eigenvalue weighted by Gasteiger charge is -2.06.